The Kier molecular flexibility index (Phi) is 6.18. The zero-order valence-electron chi connectivity index (χ0n) is 14.6. The van der Waals surface area contributed by atoms with E-state index in [4.69, 9.17) is 4.42 Å². The van der Waals surface area contributed by atoms with E-state index in [1.807, 2.05) is 24.3 Å². The number of carbonyl (C=O) groups excluding carboxylic acids is 2. The molecule has 9 nitrogen and oxygen atoms in total. The van der Waals surface area contributed by atoms with Crippen molar-refractivity contribution < 1.29 is 14.0 Å². The van der Waals surface area contributed by atoms with E-state index in [9.17, 15) is 9.59 Å². The van der Waals surface area contributed by atoms with Crippen molar-refractivity contribution in [1.29, 1.82) is 0 Å². The maximum atomic E-state index is 11.9. The summed E-state index contributed by atoms with van der Waals surface area (Å²) in [5.74, 6) is 0.356. The van der Waals surface area contributed by atoms with Crippen LogP contribution in [-0.4, -0.2) is 33.2 Å². The molecule has 3 aromatic rings. The number of aromatic nitrogens is 3. The van der Waals surface area contributed by atoms with Crippen LogP contribution >= 0.6 is 0 Å². The number of benzene rings is 1. The topological polar surface area (TPSA) is 114 Å². The van der Waals surface area contributed by atoms with Gasteiger partial charge in [0.1, 0.15) is 18.4 Å². The van der Waals surface area contributed by atoms with Gasteiger partial charge in [0, 0.05) is 6.54 Å². The monoisotopic (exact) mass is 368 g/mol. The second-order valence-corrected chi connectivity index (χ2v) is 5.81. The second kappa shape index (κ2) is 9.18. The van der Waals surface area contributed by atoms with Gasteiger partial charge in [-0.3, -0.25) is 4.79 Å². The van der Waals surface area contributed by atoms with Gasteiger partial charge in [-0.15, -0.1) is 0 Å². The minimum Gasteiger partial charge on any atom is -0.467 e. The molecule has 0 aliphatic rings. The van der Waals surface area contributed by atoms with E-state index in [0.717, 1.165) is 11.1 Å². The fourth-order valence-electron chi connectivity index (χ4n) is 2.41. The molecule has 0 unspecified atom stereocenters. The number of rotatable bonds is 8. The first kappa shape index (κ1) is 18.2. The predicted molar refractivity (Wildman–Crippen MR) is 96.4 cm³/mol. The third kappa shape index (κ3) is 5.99. The van der Waals surface area contributed by atoms with Crippen molar-refractivity contribution in [2.45, 2.75) is 19.6 Å². The number of urea groups is 1. The molecule has 0 saturated heterocycles. The van der Waals surface area contributed by atoms with Crippen LogP contribution in [0.5, 0.6) is 0 Å². The van der Waals surface area contributed by atoms with Crippen molar-refractivity contribution in [2.24, 2.45) is 0 Å². The molecular formula is C18H20N6O3. The standard InChI is InChI=1S/C18H20N6O3/c25-17(20-9-16-5-2-6-27-16)10-22-18(26)21-8-14-3-1-4-15(7-14)11-24-13-19-12-23-24/h1-7,12-13H,8-11H2,(H,20,25)(H2,21,22,26). The highest BCUT2D eigenvalue weighted by Crippen LogP contribution is 2.06. The van der Waals surface area contributed by atoms with E-state index in [-0.39, 0.29) is 19.0 Å². The van der Waals surface area contributed by atoms with Gasteiger partial charge >= 0.3 is 6.03 Å². The van der Waals surface area contributed by atoms with Gasteiger partial charge in [-0.2, -0.15) is 5.10 Å². The molecule has 0 aliphatic heterocycles. The van der Waals surface area contributed by atoms with Crippen LogP contribution in [0, 0.1) is 0 Å². The Bertz CT molecular complexity index is 861. The van der Waals surface area contributed by atoms with Crippen LogP contribution in [0.15, 0.2) is 59.7 Å². The lowest BCUT2D eigenvalue weighted by Crippen LogP contribution is -2.41. The van der Waals surface area contributed by atoms with E-state index in [1.54, 1.807) is 23.1 Å². The Hall–Kier alpha value is -3.62. The summed E-state index contributed by atoms with van der Waals surface area (Å²) in [5, 5.41) is 12.0. The molecule has 0 atom stereocenters. The van der Waals surface area contributed by atoms with E-state index in [2.05, 4.69) is 26.0 Å². The van der Waals surface area contributed by atoms with Crippen LogP contribution in [0.1, 0.15) is 16.9 Å². The second-order valence-electron chi connectivity index (χ2n) is 5.81. The van der Waals surface area contributed by atoms with Crippen molar-refractivity contribution in [3.8, 4) is 0 Å². The third-order valence-corrected chi connectivity index (χ3v) is 3.71. The van der Waals surface area contributed by atoms with E-state index >= 15 is 0 Å². The molecule has 0 saturated carbocycles. The number of hydrogen-bond acceptors (Lipinski definition) is 5. The molecule has 3 amide bonds. The van der Waals surface area contributed by atoms with Crippen molar-refractivity contribution >= 4 is 11.9 Å². The highest BCUT2D eigenvalue weighted by Gasteiger charge is 2.06. The molecule has 9 heteroatoms. The molecule has 3 rings (SSSR count). The smallest absolute Gasteiger partial charge is 0.315 e. The molecule has 3 N–H and O–H groups in total. The summed E-state index contributed by atoms with van der Waals surface area (Å²) in [7, 11) is 0. The van der Waals surface area contributed by atoms with Crippen LogP contribution in [0.25, 0.3) is 0 Å². The van der Waals surface area contributed by atoms with Gasteiger partial charge in [0.05, 0.1) is 25.9 Å². The van der Waals surface area contributed by atoms with Crippen molar-refractivity contribution in [3.05, 3.63) is 72.2 Å². The molecule has 27 heavy (non-hydrogen) atoms. The molecule has 0 aliphatic carbocycles. The Morgan fingerprint density at radius 3 is 2.70 bits per heavy atom. The van der Waals surface area contributed by atoms with Gasteiger partial charge < -0.3 is 20.4 Å². The summed E-state index contributed by atoms with van der Waals surface area (Å²) in [5.41, 5.74) is 2.00. The van der Waals surface area contributed by atoms with Crippen molar-refractivity contribution in [2.75, 3.05) is 6.54 Å². The molecular weight excluding hydrogens is 348 g/mol. The molecule has 0 bridgehead atoms. The summed E-state index contributed by atoms with van der Waals surface area (Å²) in [6.07, 6.45) is 4.67. The summed E-state index contributed by atoms with van der Waals surface area (Å²) in [6, 6.07) is 10.9. The molecule has 2 heterocycles. The summed E-state index contributed by atoms with van der Waals surface area (Å²) < 4.78 is 6.84. The number of amides is 3. The van der Waals surface area contributed by atoms with Gasteiger partial charge in [-0.1, -0.05) is 24.3 Å². The average Bonchev–Trinajstić information content (AvgIpc) is 3.37. The first-order chi connectivity index (χ1) is 13.2. The lowest BCUT2D eigenvalue weighted by molar-refractivity contribution is -0.120. The van der Waals surface area contributed by atoms with E-state index < -0.39 is 6.03 Å². The summed E-state index contributed by atoms with van der Waals surface area (Å²) in [4.78, 5) is 27.5. The number of nitrogens with zero attached hydrogens (tertiary/aromatic N) is 3. The Labute approximate surface area is 155 Å². The number of nitrogens with one attached hydrogen (secondary N) is 3. The fourth-order valence-corrected chi connectivity index (χ4v) is 2.41. The molecule has 1 aromatic carbocycles. The number of furan rings is 1. The zero-order chi connectivity index (χ0) is 18.9. The largest absolute Gasteiger partial charge is 0.467 e. The summed E-state index contributed by atoms with van der Waals surface area (Å²) >= 11 is 0. The predicted octanol–water partition coefficient (Wildman–Crippen LogP) is 1.03. The van der Waals surface area contributed by atoms with E-state index in [0.29, 0.717) is 18.8 Å². The van der Waals surface area contributed by atoms with Gasteiger partial charge in [0.25, 0.3) is 0 Å². The highest BCUT2D eigenvalue weighted by atomic mass is 16.3. The zero-order valence-corrected chi connectivity index (χ0v) is 14.6. The molecule has 2 aromatic heterocycles. The minimum absolute atomic E-state index is 0.112. The van der Waals surface area contributed by atoms with E-state index in [1.165, 1.54) is 12.6 Å². The lowest BCUT2D eigenvalue weighted by atomic mass is 10.1. The van der Waals surface area contributed by atoms with Crippen LogP contribution in [0.4, 0.5) is 4.79 Å². The maximum absolute atomic E-state index is 11.9. The Balaban J connectivity index is 1.38. The average molecular weight is 368 g/mol. The Morgan fingerprint density at radius 2 is 1.93 bits per heavy atom. The van der Waals surface area contributed by atoms with Crippen molar-refractivity contribution in [1.82, 2.24) is 30.7 Å². The van der Waals surface area contributed by atoms with Crippen molar-refractivity contribution in [3.63, 3.8) is 0 Å². The molecule has 0 radical (unpaired) electrons. The number of carbonyl (C=O) groups is 2. The normalized spacial score (nSPS) is 10.4. The van der Waals surface area contributed by atoms with Gasteiger partial charge in [-0.05, 0) is 23.3 Å². The lowest BCUT2D eigenvalue weighted by Gasteiger charge is -2.09. The summed E-state index contributed by atoms with van der Waals surface area (Å²) in [6.45, 7) is 1.13. The first-order valence-electron chi connectivity index (χ1n) is 8.40. The van der Waals surface area contributed by atoms with Crippen LogP contribution in [0.3, 0.4) is 0 Å². The van der Waals surface area contributed by atoms with Gasteiger partial charge in [-0.25, -0.2) is 14.5 Å². The molecule has 0 spiro atoms. The molecule has 0 fully saturated rings. The quantitative estimate of drug-likeness (QED) is 0.550. The fraction of sp³-hybridized carbons (Fsp3) is 0.222. The van der Waals surface area contributed by atoms with Gasteiger partial charge in [0.15, 0.2) is 0 Å². The third-order valence-electron chi connectivity index (χ3n) is 3.71. The first-order valence-corrected chi connectivity index (χ1v) is 8.40. The van der Waals surface area contributed by atoms with Crippen LogP contribution < -0.4 is 16.0 Å². The SMILES string of the molecule is O=C(CNC(=O)NCc1cccc(Cn2cncn2)c1)NCc1ccco1. The highest BCUT2D eigenvalue weighted by molar-refractivity contribution is 5.83. The Morgan fingerprint density at radius 1 is 1.04 bits per heavy atom. The minimum atomic E-state index is -0.412. The van der Waals surface area contributed by atoms with Crippen LogP contribution in [0.2, 0.25) is 0 Å². The maximum Gasteiger partial charge on any atom is 0.315 e. The van der Waals surface area contributed by atoms with Gasteiger partial charge in [0.2, 0.25) is 5.91 Å². The number of hydrogen-bond donors (Lipinski definition) is 3. The van der Waals surface area contributed by atoms with Crippen LogP contribution in [-0.2, 0) is 24.4 Å². The molecule has 140 valence electrons.